The maximum atomic E-state index is 8.58. The molecule has 7 heavy (non-hydrogen) atoms. The van der Waals surface area contributed by atoms with E-state index in [0.717, 1.165) is 5.70 Å². The van der Waals surface area contributed by atoms with Crippen LogP contribution in [0, 0.1) is 0 Å². The Morgan fingerprint density at radius 1 is 1.71 bits per heavy atom. The predicted molar refractivity (Wildman–Crippen MR) is 29.4 cm³/mol. The van der Waals surface area contributed by atoms with Crippen molar-refractivity contribution in [1.82, 2.24) is 0 Å². The van der Waals surface area contributed by atoms with Gasteiger partial charge in [-0.1, -0.05) is 0 Å². The Hall–Kier alpha value is -0.163. The molecule has 0 aliphatic carbocycles. The van der Waals surface area contributed by atoms with E-state index in [9.17, 15) is 0 Å². The minimum Gasteiger partial charge on any atom is -0.407 e. The van der Waals surface area contributed by atoms with Gasteiger partial charge in [0.15, 0.2) is 0 Å². The van der Waals surface area contributed by atoms with Crippen LogP contribution in [0.3, 0.4) is 0 Å². The Morgan fingerprint density at radius 2 is 2.14 bits per heavy atom. The lowest BCUT2D eigenvalue weighted by Gasteiger charge is -2.06. The summed E-state index contributed by atoms with van der Waals surface area (Å²) in [4.78, 5) is 17.2. The van der Waals surface area contributed by atoms with E-state index in [1.54, 1.807) is 0 Å². The van der Waals surface area contributed by atoms with Gasteiger partial charge in [-0.25, -0.2) is 0 Å². The first-order valence-corrected chi connectivity index (χ1v) is 4.08. The van der Waals surface area contributed by atoms with Gasteiger partial charge in [0.25, 0.3) is 0 Å². The van der Waals surface area contributed by atoms with Gasteiger partial charge in [-0.3, -0.25) is 0 Å². The third kappa shape index (κ3) is 2.52. The van der Waals surface area contributed by atoms with Crippen LogP contribution in [0.5, 0.6) is 0 Å². The second-order valence-corrected chi connectivity index (χ2v) is 3.86. The number of nitrogens with two attached hydrogens (primary N) is 1. The summed E-state index contributed by atoms with van der Waals surface area (Å²) in [6, 6.07) is 0. The van der Waals surface area contributed by atoms with Crippen molar-refractivity contribution in [3.05, 3.63) is 12.3 Å². The van der Waals surface area contributed by atoms with E-state index < -0.39 is 8.56 Å². The Kier molecular flexibility index (Phi) is 2.17. The van der Waals surface area contributed by atoms with Crippen LogP contribution in [-0.4, -0.2) is 24.3 Å². The monoisotopic (exact) mass is 119 g/mol. The summed E-state index contributed by atoms with van der Waals surface area (Å²) < 4.78 is 0. The van der Waals surface area contributed by atoms with Gasteiger partial charge in [0.2, 0.25) is 0 Å². The van der Waals surface area contributed by atoms with Crippen LogP contribution in [0.4, 0.5) is 0 Å². The van der Waals surface area contributed by atoms with Crippen molar-refractivity contribution in [2.45, 2.75) is 0 Å². The van der Waals surface area contributed by atoms with Crippen molar-refractivity contribution < 1.29 is 9.59 Å². The van der Waals surface area contributed by atoms with Crippen molar-refractivity contribution in [1.29, 1.82) is 0 Å². The lowest BCUT2D eigenvalue weighted by molar-refractivity contribution is 0.380. The van der Waals surface area contributed by atoms with Gasteiger partial charge in [0, 0.05) is 6.17 Å². The third-order valence-corrected chi connectivity index (χ3v) is 1.88. The van der Waals surface area contributed by atoms with Crippen LogP contribution in [0.25, 0.3) is 0 Å². The van der Waals surface area contributed by atoms with E-state index in [4.69, 9.17) is 15.3 Å². The van der Waals surface area contributed by atoms with Crippen LogP contribution in [0.1, 0.15) is 0 Å². The maximum Gasteiger partial charge on any atom is 0.373 e. The molecule has 3 nitrogen and oxygen atoms in total. The zero-order valence-electron chi connectivity index (χ0n) is 3.96. The summed E-state index contributed by atoms with van der Waals surface area (Å²) in [5.74, 6) is 0. The molecule has 0 bridgehead atoms. The van der Waals surface area contributed by atoms with Crippen molar-refractivity contribution in [2.75, 3.05) is 6.17 Å². The Labute approximate surface area is 43.3 Å². The Bertz CT molecular complexity index is 73.3. The number of hydrogen-bond donors (Lipinski definition) is 3. The van der Waals surface area contributed by atoms with Gasteiger partial charge in [0.05, 0.1) is 0 Å². The quantitative estimate of drug-likeness (QED) is 0.393. The zero-order chi connectivity index (χ0) is 5.91. The van der Waals surface area contributed by atoms with E-state index in [0.29, 0.717) is 0 Å². The molecule has 0 heterocycles. The minimum absolute atomic E-state index is 0.0729. The van der Waals surface area contributed by atoms with Crippen LogP contribution in [-0.2, 0) is 0 Å². The molecule has 0 aromatic rings. The second kappa shape index (κ2) is 2.22. The summed E-state index contributed by atoms with van der Waals surface area (Å²) >= 11 is 0. The summed E-state index contributed by atoms with van der Waals surface area (Å²) in [5, 5.41) is 0. The van der Waals surface area contributed by atoms with E-state index in [1.165, 1.54) is 0 Å². The molecule has 0 aliphatic rings. The lowest BCUT2D eigenvalue weighted by atomic mass is 11.3. The van der Waals surface area contributed by atoms with Crippen molar-refractivity contribution in [3.63, 3.8) is 0 Å². The first kappa shape index (κ1) is 6.84. The summed E-state index contributed by atoms with van der Waals surface area (Å²) in [6.07, 6.45) is -0.0729. The summed E-state index contributed by atoms with van der Waals surface area (Å²) in [6.45, 7) is 3.18. The molecular formula is C3H9NO2Si. The third-order valence-electron chi connectivity index (χ3n) is 0.627. The van der Waals surface area contributed by atoms with Crippen molar-refractivity contribution >= 4 is 8.56 Å². The summed E-state index contributed by atoms with van der Waals surface area (Å²) in [7, 11) is -3.11. The SMILES string of the molecule is C=C[Si](O)(O)CN. The molecule has 4 heteroatoms. The molecule has 0 rings (SSSR count). The molecular weight excluding hydrogens is 110 g/mol. The average molecular weight is 119 g/mol. The normalized spacial score (nSPS) is 11.3. The van der Waals surface area contributed by atoms with Crippen LogP contribution >= 0.6 is 0 Å². The molecule has 0 aromatic carbocycles. The molecule has 0 spiro atoms. The fraction of sp³-hybridized carbons (Fsp3) is 0.333. The van der Waals surface area contributed by atoms with Gasteiger partial charge >= 0.3 is 8.56 Å². The molecule has 42 valence electrons. The molecule has 0 saturated carbocycles. The van der Waals surface area contributed by atoms with Crippen LogP contribution < -0.4 is 5.73 Å². The fourth-order valence-corrected chi connectivity index (χ4v) is 0.250. The Balaban J connectivity index is 3.58. The second-order valence-electron chi connectivity index (χ2n) is 1.29. The molecule has 0 radical (unpaired) electrons. The van der Waals surface area contributed by atoms with Gasteiger partial charge in [0.1, 0.15) is 0 Å². The van der Waals surface area contributed by atoms with Crippen molar-refractivity contribution in [3.8, 4) is 0 Å². The highest BCUT2D eigenvalue weighted by atomic mass is 28.4. The number of rotatable bonds is 2. The van der Waals surface area contributed by atoms with E-state index in [-0.39, 0.29) is 6.17 Å². The first-order valence-electron chi connectivity index (χ1n) is 1.91. The van der Waals surface area contributed by atoms with Gasteiger partial charge < -0.3 is 15.3 Å². The minimum atomic E-state index is -3.11. The molecule has 0 aliphatic heterocycles. The molecule has 0 saturated heterocycles. The fourth-order valence-electron chi connectivity index (χ4n) is 0.0833. The van der Waals surface area contributed by atoms with Crippen LogP contribution in [0.2, 0.25) is 0 Å². The topological polar surface area (TPSA) is 66.5 Å². The predicted octanol–water partition coefficient (Wildman–Crippen LogP) is -1.36. The first-order chi connectivity index (χ1) is 3.12. The zero-order valence-corrected chi connectivity index (χ0v) is 4.96. The molecule has 0 aromatic heterocycles. The van der Waals surface area contributed by atoms with E-state index >= 15 is 0 Å². The Morgan fingerprint density at radius 3 is 2.14 bits per heavy atom. The molecule has 0 amide bonds. The molecule has 0 atom stereocenters. The van der Waals surface area contributed by atoms with Gasteiger partial charge in [-0.05, 0) is 5.70 Å². The maximum absolute atomic E-state index is 8.58. The molecule has 0 fully saturated rings. The smallest absolute Gasteiger partial charge is 0.373 e. The molecule has 4 N–H and O–H groups in total. The number of hydrogen-bond acceptors (Lipinski definition) is 3. The van der Waals surface area contributed by atoms with E-state index in [1.807, 2.05) is 0 Å². The summed E-state index contributed by atoms with van der Waals surface area (Å²) in [5.41, 5.74) is 6.03. The molecule has 0 unspecified atom stereocenters. The van der Waals surface area contributed by atoms with Gasteiger partial charge in [-0.2, -0.15) is 0 Å². The largest absolute Gasteiger partial charge is 0.407 e. The average Bonchev–Trinajstić information content (AvgIpc) is 1.68. The van der Waals surface area contributed by atoms with Crippen molar-refractivity contribution in [2.24, 2.45) is 5.73 Å². The van der Waals surface area contributed by atoms with E-state index in [2.05, 4.69) is 6.58 Å². The lowest BCUT2D eigenvalue weighted by Crippen LogP contribution is -2.41. The highest BCUT2D eigenvalue weighted by Gasteiger charge is 2.20. The highest BCUT2D eigenvalue weighted by Crippen LogP contribution is 1.85. The van der Waals surface area contributed by atoms with Gasteiger partial charge in [-0.15, -0.1) is 6.58 Å². The standard InChI is InChI=1S/C3H9NO2Si/c1-2-7(5,6)3-4/h2,5-6H,1,3-4H2. The highest BCUT2D eigenvalue weighted by molar-refractivity contribution is 6.70. The van der Waals surface area contributed by atoms with Crippen LogP contribution in [0.15, 0.2) is 12.3 Å².